The van der Waals surface area contributed by atoms with E-state index in [4.69, 9.17) is 4.52 Å². The van der Waals surface area contributed by atoms with Crippen LogP contribution in [0.3, 0.4) is 0 Å². The molecule has 1 aromatic heterocycles. The van der Waals surface area contributed by atoms with Crippen molar-refractivity contribution in [3.05, 3.63) is 42.0 Å². The third-order valence-corrected chi connectivity index (χ3v) is 3.82. The maximum Gasteiger partial charge on any atom is 0.228 e. The molecule has 0 spiro atoms. The van der Waals surface area contributed by atoms with E-state index in [9.17, 15) is 0 Å². The summed E-state index contributed by atoms with van der Waals surface area (Å²) in [5.74, 6) is 2.09. The largest absolute Gasteiger partial charge is 0.372 e. The quantitative estimate of drug-likeness (QED) is 0.253. The molecule has 2 rings (SSSR count). The van der Waals surface area contributed by atoms with Crippen LogP contribution < -0.4 is 15.5 Å². The number of benzene rings is 1. The van der Waals surface area contributed by atoms with Gasteiger partial charge in [0.25, 0.3) is 0 Å². The van der Waals surface area contributed by atoms with E-state index in [2.05, 4.69) is 61.9 Å². The van der Waals surface area contributed by atoms with Gasteiger partial charge in [0.05, 0.1) is 0 Å². The highest BCUT2D eigenvalue weighted by Crippen LogP contribution is 2.12. The number of para-hydroxylation sites is 1. The molecule has 2 aromatic rings. The van der Waals surface area contributed by atoms with E-state index < -0.39 is 0 Å². The van der Waals surface area contributed by atoms with E-state index in [-0.39, 0.29) is 24.0 Å². The molecule has 8 heteroatoms. The molecule has 0 saturated heterocycles. The zero-order valence-electron chi connectivity index (χ0n) is 15.7. The second-order valence-corrected chi connectivity index (χ2v) is 5.68. The fourth-order valence-corrected chi connectivity index (χ4v) is 2.54. The number of hydrogen-bond acceptors (Lipinski definition) is 5. The first-order valence-corrected chi connectivity index (χ1v) is 8.76. The summed E-state index contributed by atoms with van der Waals surface area (Å²) in [4.78, 5) is 10.8. The molecule has 0 unspecified atom stereocenters. The van der Waals surface area contributed by atoms with Crippen molar-refractivity contribution in [2.45, 2.75) is 26.7 Å². The normalized spacial score (nSPS) is 11.0. The van der Waals surface area contributed by atoms with Crippen molar-refractivity contribution in [2.24, 2.45) is 4.99 Å². The molecule has 0 atom stereocenters. The van der Waals surface area contributed by atoms with Gasteiger partial charge in [0.2, 0.25) is 5.89 Å². The number of nitrogens with zero attached hydrogens (tertiary/aromatic N) is 4. The topological polar surface area (TPSA) is 78.6 Å². The predicted octanol–water partition coefficient (Wildman–Crippen LogP) is 2.62. The van der Waals surface area contributed by atoms with Crippen LogP contribution in [0.2, 0.25) is 0 Å². The van der Waals surface area contributed by atoms with Gasteiger partial charge in [-0.15, -0.1) is 24.0 Å². The summed E-state index contributed by atoms with van der Waals surface area (Å²) in [6.07, 6.45) is 1.71. The summed E-state index contributed by atoms with van der Waals surface area (Å²) in [7, 11) is 1.77. The molecule has 0 aliphatic carbocycles. The Kier molecular flexibility index (Phi) is 10.7. The highest BCUT2D eigenvalue weighted by Gasteiger charge is 2.05. The van der Waals surface area contributed by atoms with Gasteiger partial charge in [-0.25, -0.2) is 0 Å². The van der Waals surface area contributed by atoms with E-state index in [1.54, 1.807) is 7.05 Å². The molecular weight excluding hydrogens is 443 g/mol. The molecule has 1 aromatic carbocycles. The third kappa shape index (κ3) is 7.59. The van der Waals surface area contributed by atoms with Crippen molar-refractivity contribution in [1.29, 1.82) is 0 Å². The molecule has 0 amide bonds. The number of aliphatic imine (C=N–C) groups is 1. The summed E-state index contributed by atoms with van der Waals surface area (Å²) >= 11 is 0. The zero-order chi connectivity index (χ0) is 17.9. The number of guanidine groups is 1. The van der Waals surface area contributed by atoms with Gasteiger partial charge >= 0.3 is 0 Å². The summed E-state index contributed by atoms with van der Waals surface area (Å²) in [6.45, 7) is 7.57. The number of rotatable bonds is 9. The summed E-state index contributed by atoms with van der Waals surface area (Å²) in [6, 6.07) is 10.5. The lowest BCUT2D eigenvalue weighted by atomic mass is 10.2. The first kappa shape index (κ1) is 22.2. The lowest BCUT2D eigenvalue weighted by Gasteiger charge is -2.23. The Morgan fingerprint density at radius 2 is 1.92 bits per heavy atom. The molecule has 0 aliphatic rings. The maximum atomic E-state index is 5.09. The third-order valence-electron chi connectivity index (χ3n) is 3.82. The second-order valence-electron chi connectivity index (χ2n) is 5.68. The first-order valence-electron chi connectivity index (χ1n) is 8.76. The predicted molar refractivity (Wildman–Crippen MR) is 116 cm³/mol. The standard InChI is InChI=1S/C18H28N6O.HI/c1-4-24(16-9-6-5-7-10-16)14-8-12-20-18(19-3)21-13-11-17-22-15(2)23-25-17;/h5-7,9-10H,4,8,11-14H2,1-3H3,(H2,19,20,21);1H. The Hall–Kier alpha value is -1.84. The van der Waals surface area contributed by atoms with Crippen LogP contribution in [0.1, 0.15) is 25.1 Å². The summed E-state index contributed by atoms with van der Waals surface area (Å²) < 4.78 is 5.09. The zero-order valence-corrected chi connectivity index (χ0v) is 18.1. The minimum atomic E-state index is 0. The van der Waals surface area contributed by atoms with Gasteiger partial charge in [-0.3, -0.25) is 4.99 Å². The Labute approximate surface area is 172 Å². The Morgan fingerprint density at radius 1 is 1.19 bits per heavy atom. The van der Waals surface area contributed by atoms with Gasteiger partial charge < -0.3 is 20.1 Å². The molecule has 0 bridgehead atoms. The molecule has 7 nitrogen and oxygen atoms in total. The van der Waals surface area contributed by atoms with Crippen LogP contribution in [0.4, 0.5) is 5.69 Å². The van der Waals surface area contributed by atoms with Crippen molar-refractivity contribution >= 4 is 35.6 Å². The van der Waals surface area contributed by atoms with Gasteiger partial charge in [-0.2, -0.15) is 4.98 Å². The van der Waals surface area contributed by atoms with E-state index in [1.165, 1.54) is 5.69 Å². The van der Waals surface area contributed by atoms with E-state index in [0.717, 1.165) is 32.0 Å². The van der Waals surface area contributed by atoms with E-state index >= 15 is 0 Å². The second kappa shape index (κ2) is 12.5. The lowest BCUT2D eigenvalue weighted by Crippen LogP contribution is -2.39. The highest BCUT2D eigenvalue weighted by atomic mass is 127. The molecule has 2 N–H and O–H groups in total. The minimum Gasteiger partial charge on any atom is -0.372 e. The monoisotopic (exact) mass is 472 g/mol. The highest BCUT2D eigenvalue weighted by molar-refractivity contribution is 14.0. The SMILES string of the molecule is CCN(CCCNC(=NC)NCCc1nc(C)no1)c1ccccc1.I. The number of aromatic nitrogens is 2. The molecular formula is C18H29IN6O. The lowest BCUT2D eigenvalue weighted by molar-refractivity contribution is 0.374. The fraction of sp³-hybridized carbons (Fsp3) is 0.500. The Morgan fingerprint density at radius 3 is 2.54 bits per heavy atom. The van der Waals surface area contributed by atoms with Crippen molar-refractivity contribution in [2.75, 3.05) is 38.1 Å². The molecule has 26 heavy (non-hydrogen) atoms. The average molecular weight is 472 g/mol. The van der Waals surface area contributed by atoms with Gasteiger partial charge in [0.1, 0.15) is 0 Å². The summed E-state index contributed by atoms with van der Waals surface area (Å²) in [5, 5.41) is 10.4. The van der Waals surface area contributed by atoms with Crippen LogP contribution in [0.15, 0.2) is 39.8 Å². The van der Waals surface area contributed by atoms with Crippen molar-refractivity contribution in [3.63, 3.8) is 0 Å². The van der Waals surface area contributed by atoms with Crippen molar-refractivity contribution < 1.29 is 4.52 Å². The van der Waals surface area contributed by atoms with Crippen LogP contribution in [0.5, 0.6) is 0 Å². The fourth-order valence-electron chi connectivity index (χ4n) is 2.54. The van der Waals surface area contributed by atoms with Gasteiger partial charge in [-0.05, 0) is 32.4 Å². The molecule has 0 radical (unpaired) electrons. The van der Waals surface area contributed by atoms with Crippen molar-refractivity contribution in [1.82, 2.24) is 20.8 Å². The van der Waals surface area contributed by atoms with Gasteiger partial charge in [0, 0.05) is 45.3 Å². The molecule has 0 saturated carbocycles. The summed E-state index contributed by atoms with van der Waals surface area (Å²) in [5.41, 5.74) is 1.27. The van der Waals surface area contributed by atoms with Crippen LogP contribution >= 0.6 is 24.0 Å². The number of anilines is 1. The Balaban J connectivity index is 0.00000338. The molecule has 144 valence electrons. The van der Waals surface area contributed by atoms with Crippen LogP contribution in [0.25, 0.3) is 0 Å². The van der Waals surface area contributed by atoms with Crippen LogP contribution in [-0.2, 0) is 6.42 Å². The van der Waals surface area contributed by atoms with Crippen LogP contribution in [-0.4, -0.2) is 49.3 Å². The van der Waals surface area contributed by atoms with Crippen molar-refractivity contribution in [3.8, 4) is 0 Å². The molecule has 0 aliphatic heterocycles. The number of aryl methyl sites for hydroxylation is 1. The first-order chi connectivity index (χ1) is 12.2. The van der Waals surface area contributed by atoms with Crippen LogP contribution in [0, 0.1) is 6.92 Å². The van der Waals surface area contributed by atoms with Gasteiger partial charge in [0.15, 0.2) is 11.8 Å². The Bertz CT molecular complexity index is 646. The molecule has 0 fully saturated rings. The number of halogens is 1. The van der Waals surface area contributed by atoms with E-state index in [1.807, 2.05) is 13.0 Å². The number of hydrogen-bond donors (Lipinski definition) is 2. The average Bonchev–Trinajstić information content (AvgIpc) is 3.06. The maximum absolute atomic E-state index is 5.09. The number of nitrogens with one attached hydrogen (secondary N) is 2. The van der Waals surface area contributed by atoms with E-state index in [0.29, 0.717) is 24.7 Å². The smallest absolute Gasteiger partial charge is 0.228 e. The molecule has 1 heterocycles. The van der Waals surface area contributed by atoms with Gasteiger partial charge in [-0.1, -0.05) is 23.4 Å². The minimum absolute atomic E-state index is 0.